The standard InChI is InChI=1S/C11H11FN2.ClH/c12-10-4-2-1-3-9(10)11-5-8(6-13)7-14-11;/h1-5,7,14H,6,13H2;1H. The van der Waals surface area contributed by atoms with Gasteiger partial charge in [0.1, 0.15) is 5.82 Å². The molecule has 0 aliphatic carbocycles. The molecule has 80 valence electrons. The average Bonchev–Trinajstić information content (AvgIpc) is 2.67. The van der Waals surface area contributed by atoms with Gasteiger partial charge in [-0.1, -0.05) is 12.1 Å². The third-order valence-corrected chi connectivity index (χ3v) is 2.14. The average molecular weight is 227 g/mol. The van der Waals surface area contributed by atoms with Crippen LogP contribution < -0.4 is 5.73 Å². The highest BCUT2D eigenvalue weighted by molar-refractivity contribution is 5.85. The lowest BCUT2D eigenvalue weighted by atomic mass is 10.1. The Hall–Kier alpha value is -1.32. The van der Waals surface area contributed by atoms with E-state index in [-0.39, 0.29) is 18.2 Å². The Morgan fingerprint density at radius 1 is 1.27 bits per heavy atom. The largest absolute Gasteiger partial charge is 0.361 e. The predicted octanol–water partition coefficient (Wildman–Crippen LogP) is 2.70. The number of hydrogen-bond donors (Lipinski definition) is 2. The van der Waals surface area contributed by atoms with E-state index < -0.39 is 0 Å². The lowest BCUT2D eigenvalue weighted by molar-refractivity contribution is 0.631. The molecule has 0 atom stereocenters. The van der Waals surface area contributed by atoms with Gasteiger partial charge in [0.15, 0.2) is 0 Å². The molecule has 0 fully saturated rings. The van der Waals surface area contributed by atoms with Crippen LogP contribution in [0.4, 0.5) is 4.39 Å². The number of benzene rings is 1. The van der Waals surface area contributed by atoms with Crippen molar-refractivity contribution < 1.29 is 4.39 Å². The molecule has 1 heterocycles. The van der Waals surface area contributed by atoms with Crippen LogP contribution in [0, 0.1) is 5.82 Å². The number of nitrogens with one attached hydrogen (secondary N) is 1. The predicted molar refractivity (Wildman–Crippen MR) is 61.3 cm³/mol. The fourth-order valence-electron chi connectivity index (χ4n) is 1.39. The van der Waals surface area contributed by atoms with Crippen molar-refractivity contribution in [3.05, 3.63) is 47.9 Å². The van der Waals surface area contributed by atoms with Crippen molar-refractivity contribution in [1.29, 1.82) is 0 Å². The molecular formula is C11H12ClFN2. The topological polar surface area (TPSA) is 41.8 Å². The van der Waals surface area contributed by atoms with Crippen LogP contribution in [0.15, 0.2) is 36.5 Å². The van der Waals surface area contributed by atoms with E-state index in [4.69, 9.17) is 5.73 Å². The van der Waals surface area contributed by atoms with E-state index in [9.17, 15) is 4.39 Å². The lowest BCUT2D eigenvalue weighted by Gasteiger charge is -1.98. The smallest absolute Gasteiger partial charge is 0.132 e. The number of halogens is 2. The number of H-pyrrole nitrogens is 1. The van der Waals surface area contributed by atoms with Gasteiger partial charge in [0, 0.05) is 24.0 Å². The first kappa shape index (κ1) is 11.8. The number of nitrogens with two attached hydrogens (primary N) is 1. The molecule has 0 aliphatic rings. The first-order valence-electron chi connectivity index (χ1n) is 4.43. The molecule has 3 N–H and O–H groups in total. The maximum absolute atomic E-state index is 13.3. The highest BCUT2D eigenvalue weighted by Gasteiger charge is 2.05. The summed E-state index contributed by atoms with van der Waals surface area (Å²) in [4.78, 5) is 2.99. The fraction of sp³-hybridized carbons (Fsp3) is 0.0909. The van der Waals surface area contributed by atoms with Crippen molar-refractivity contribution in [1.82, 2.24) is 4.98 Å². The third-order valence-electron chi connectivity index (χ3n) is 2.14. The second-order valence-electron chi connectivity index (χ2n) is 3.11. The number of aromatic amines is 1. The minimum absolute atomic E-state index is 0. The Kier molecular flexibility index (Phi) is 3.88. The van der Waals surface area contributed by atoms with E-state index in [1.54, 1.807) is 24.4 Å². The molecule has 2 rings (SSSR count). The molecule has 4 heteroatoms. The van der Waals surface area contributed by atoms with Gasteiger partial charge in [0.05, 0.1) is 0 Å². The molecule has 0 saturated carbocycles. The Balaban J connectivity index is 0.00000112. The maximum Gasteiger partial charge on any atom is 0.132 e. The zero-order valence-corrected chi connectivity index (χ0v) is 8.85. The van der Waals surface area contributed by atoms with Crippen LogP contribution in [0.2, 0.25) is 0 Å². The maximum atomic E-state index is 13.3. The lowest BCUT2D eigenvalue weighted by Crippen LogP contribution is -1.92. The van der Waals surface area contributed by atoms with Crippen molar-refractivity contribution in [3.63, 3.8) is 0 Å². The van der Waals surface area contributed by atoms with Gasteiger partial charge >= 0.3 is 0 Å². The monoisotopic (exact) mass is 226 g/mol. The van der Waals surface area contributed by atoms with E-state index >= 15 is 0 Å². The molecule has 0 bridgehead atoms. The van der Waals surface area contributed by atoms with Crippen LogP contribution in [0.1, 0.15) is 5.56 Å². The SMILES string of the molecule is Cl.NCc1c[nH]c(-c2ccccc2F)c1. The first-order valence-corrected chi connectivity index (χ1v) is 4.43. The fourth-order valence-corrected chi connectivity index (χ4v) is 1.39. The molecule has 2 aromatic rings. The van der Waals surface area contributed by atoms with Crippen molar-refractivity contribution in [2.45, 2.75) is 6.54 Å². The molecule has 1 aromatic heterocycles. The van der Waals surface area contributed by atoms with Gasteiger partial charge in [-0.2, -0.15) is 0 Å². The molecule has 0 saturated heterocycles. The van der Waals surface area contributed by atoms with E-state index in [0.717, 1.165) is 11.3 Å². The summed E-state index contributed by atoms with van der Waals surface area (Å²) in [5.41, 5.74) is 7.78. The van der Waals surface area contributed by atoms with Gasteiger partial charge in [-0.05, 0) is 23.8 Å². The van der Waals surface area contributed by atoms with Crippen LogP contribution in [0.3, 0.4) is 0 Å². The summed E-state index contributed by atoms with van der Waals surface area (Å²) in [5, 5.41) is 0. The zero-order valence-electron chi connectivity index (χ0n) is 8.03. The van der Waals surface area contributed by atoms with Gasteiger partial charge in [0.25, 0.3) is 0 Å². The van der Waals surface area contributed by atoms with Gasteiger partial charge in [-0.15, -0.1) is 12.4 Å². The normalized spacial score (nSPS) is 9.73. The van der Waals surface area contributed by atoms with Gasteiger partial charge < -0.3 is 10.7 Å². The Bertz CT molecular complexity index is 440. The molecule has 0 amide bonds. The van der Waals surface area contributed by atoms with Gasteiger partial charge in [-0.3, -0.25) is 0 Å². The summed E-state index contributed by atoms with van der Waals surface area (Å²) in [6, 6.07) is 8.52. The summed E-state index contributed by atoms with van der Waals surface area (Å²) in [6.45, 7) is 0.463. The minimum atomic E-state index is -0.224. The summed E-state index contributed by atoms with van der Waals surface area (Å²) in [5.74, 6) is -0.224. The molecule has 0 aliphatic heterocycles. The van der Waals surface area contributed by atoms with E-state index in [1.807, 2.05) is 6.07 Å². The Labute approximate surface area is 93.7 Å². The van der Waals surface area contributed by atoms with Crippen molar-refractivity contribution >= 4 is 12.4 Å². The van der Waals surface area contributed by atoms with Crippen LogP contribution >= 0.6 is 12.4 Å². The van der Waals surface area contributed by atoms with Crippen LogP contribution in [0.25, 0.3) is 11.3 Å². The van der Waals surface area contributed by atoms with E-state index in [1.165, 1.54) is 6.07 Å². The van der Waals surface area contributed by atoms with Crippen molar-refractivity contribution in [2.24, 2.45) is 5.73 Å². The first-order chi connectivity index (χ1) is 6.81. The van der Waals surface area contributed by atoms with Crippen LogP contribution in [0.5, 0.6) is 0 Å². The summed E-state index contributed by atoms with van der Waals surface area (Å²) >= 11 is 0. The van der Waals surface area contributed by atoms with E-state index in [2.05, 4.69) is 4.98 Å². The quantitative estimate of drug-likeness (QED) is 0.812. The minimum Gasteiger partial charge on any atom is -0.361 e. The second kappa shape index (κ2) is 4.96. The molecule has 2 nitrogen and oxygen atoms in total. The number of rotatable bonds is 2. The number of hydrogen-bond acceptors (Lipinski definition) is 1. The molecule has 0 spiro atoms. The van der Waals surface area contributed by atoms with Crippen LogP contribution in [-0.4, -0.2) is 4.98 Å². The molecule has 1 aromatic carbocycles. The van der Waals surface area contributed by atoms with Gasteiger partial charge in [0.2, 0.25) is 0 Å². The van der Waals surface area contributed by atoms with Crippen molar-refractivity contribution in [3.8, 4) is 11.3 Å². The van der Waals surface area contributed by atoms with Gasteiger partial charge in [-0.25, -0.2) is 4.39 Å². The van der Waals surface area contributed by atoms with Crippen LogP contribution in [-0.2, 0) is 6.54 Å². The number of aromatic nitrogens is 1. The highest BCUT2D eigenvalue weighted by Crippen LogP contribution is 2.21. The molecule has 0 unspecified atom stereocenters. The Morgan fingerprint density at radius 3 is 2.60 bits per heavy atom. The summed E-state index contributed by atoms with van der Waals surface area (Å²) in [6.07, 6.45) is 1.79. The summed E-state index contributed by atoms with van der Waals surface area (Å²) < 4.78 is 13.3. The molecule has 0 radical (unpaired) electrons. The zero-order chi connectivity index (χ0) is 9.97. The summed E-state index contributed by atoms with van der Waals surface area (Å²) in [7, 11) is 0. The van der Waals surface area contributed by atoms with E-state index in [0.29, 0.717) is 12.1 Å². The highest BCUT2D eigenvalue weighted by atomic mass is 35.5. The molecular weight excluding hydrogens is 215 g/mol. The third kappa shape index (κ3) is 2.37. The second-order valence-corrected chi connectivity index (χ2v) is 3.11. The Morgan fingerprint density at radius 2 is 2.00 bits per heavy atom. The molecule has 15 heavy (non-hydrogen) atoms. The van der Waals surface area contributed by atoms with Crippen molar-refractivity contribution in [2.75, 3.05) is 0 Å².